The van der Waals surface area contributed by atoms with E-state index in [9.17, 15) is 18.3 Å². The van der Waals surface area contributed by atoms with E-state index >= 15 is 0 Å². The molecule has 24 heavy (non-hydrogen) atoms. The highest BCUT2D eigenvalue weighted by molar-refractivity contribution is 7.89. The number of aromatic carboxylic acids is 1. The summed E-state index contributed by atoms with van der Waals surface area (Å²) in [5, 5.41) is 10.1. The second-order valence-electron chi connectivity index (χ2n) is 5.41. The molecule has 1 aromatic heterocycles. The smallest absolute Gasteiger partial charge is 0.336 e. The van der Waals surface area contributed by atoms with Crippen molar-refractivity contribution in [3.05, 3.63) is 43.9 Å². The molecule has 130 valence electrons. The molecule has 6 nitrogen and oxygen atoms in total. The van der Waals surface area contributed by atoms with E-state index in [4.69, 9.17) is 11.6 Å². The highest BCUT2D eigenvalue weighted by Gasteiger charge is 2.25. The van der Waals surface area contributed by atoms with Crippen LogP contribution in [0, 0.1) is 20.8 Å². The number of benzene rings is 1. The van der Waals surface area contributed by atoms with Gasteiger partial charge in [0.15, 0.2) is 0 Å². The van der Waals surface area contributed by atoms with E-state index in [1.807, 2.05) is 13.8 Å². The molecule has 0 bridgehead atoms. The van der Waals surface area contributed by atoms with Gasteiger partial charge in [-0.1, -0.05) is 11.6 Å². The third-order valence-electron chi connectivity index (χ3n) is 3.51. The number of carboxylic acid groups (broad SMARTS) is 1. The number of hydrogen-bond acceptors (Lipinski definition) is 5. The predicted octanol–water partition coefficient (Wildman–Crippen LogP) is 3.46. The average Bonchev–Trinajstić information content (AvgIpc) is 2.79. The Labute approximate surface area is 149 Å². The van der Waals surface area contributed by atoms with Crippen molar-refractivity contribution in [1.29, 1.82) is 0 Å². The van der Waals surface area contributed by atoms with Crippen LogP contribution in [0.4, 0.5) is 0 Å². The van der Waals surface area contributed by atoms with Crippen LogP contribution in [0.3, 0.4) is 0 Å². The van der Waals surface area contributed by atoms with Gasteiger partial charge in [-0.15, -0.1) is 11.3 Å². The molecule has 2 N–H and O–H groups in total. The average molecular weight is 389 g/mol. The van der Waals surface area contributed by atoms with E-state index in [1.54, 1.807) is 6.92 Å². The van der Waals surface area contributed by atoms with E-state index in [2.05, 4.69) is 9.71 Å². The SMILES string of the molecule is Cc1nc(C)c([C@@H](C)NS(=O)(=O)c2cc(Cl)cc(C(=O)O)c2C)s1. The number of hydrogen-bond donors (Lipinski definition) is 2. The van der Waals surface area contributed by atoms with Crippen molar-refractivity contribution in [1.82, 2.24) is 9.71 Å². The van der Waals surface area contributed by atoms with Crippen LogP contribution in [0.1, 0.15) is 44.5 Å². The molecule has 2 rings (SSSR count). The lowest BCUT2D eigenvalue weighted by Crippen LogP contribution is -2.28. The molecule has 9 heteroatoms. The Morgan fingerprint density at radius 1 is 1.33 bits per heavy atom. The molecule has 0 saturated heterocycles. The first-order chi connectivity index (χ1) is 11.0. The summed E-state index contributed by atoms with van der Waals surface area (Å²) in [7, 11) is -3.94. The molecule has 0 radical (unpaired) electrons. The molecule has 0 aliphatic heterocycles. The lowest BCUT2D eigenvalue weighted by Gasteiger charge is -2.16. The van der Waals surface area contributed by atoms with Crippen molar-refractivity contribution >= 4 is 38.9 Å². The number of aromatic nitrogens is 1. The van der Waals surface area contributed by atoms with Crippen molar-refractivity contribution < 1.29 is 18.3 Å². The van der Waals surface area contributed by atoms with Gasteiger partial charge < -0.3 is 5.11 Å². The lowest BCUT2D eigenvalue weighted by atomic mass is 10.1. The maximum absolute atomic E-state index is 12.7. The van der Waals surface area contributed by atoms with Crippen LogP contribution in [-0.4, -0.2) is 24.5 Å². The topological polar surface area (TPSA) is 96.4 Å². The van der Waals surface area contributed by atoms with E-state index < -0.39 is 22.0 Å². The Hall–Kier alpha value is -1.48. The summed E-state index contributed by atoms with van der Waals surface area (Å²) in [6, 6.07) is 1.99. The fourth-order valence-corrected chi connectivity index (χ4v) is 5.25. The maximum atomic E-state index is 12.7. The second kappa shape index (κ2) is 6.79. The number of carbonyl (C=O) groups is 1. The van der Waals surface area contributed by atoms with E-state index in [1.165, 1.54) is 30.4 Å². The summed E-state index contributed by atoms with van der Waals surface area (Å²) in [6.45, 7) is 6.83. The van der Waals surface area contributed by atoms with Gasteiger partial charge in [0.2, 0.25) is 10.0 Å². The van der Waals surface area contributed by atoms with Crippen LogP contribution in [0.15, 0.2) is 17.0 Å². The normalized spacial score (nSPS) is 13.0. The van der Waals surface area contributed by atoms with Crippen LogP contribution in [-0.2, 0) is 10.0 Å². The molecule has 0 aliphatic rings. The molecule has 0 unspecified atom stereocenters. The van der Waals surface area contributed by atoms with Crippen molar-refractivity contribution in [3.63, 3.8) is 0 Å². The standard InChI is InChI=1S/C15H17ClN2O4S2/c1-7-12(15(19)20)5-11(16)6-13(7)24(21,22)18-9(3)14-8(2)17-10(4)23-14/h5-6,9,18H,1-4H3,(H,19,20)/t9-/m1/s1. The van der Waals surface area contributed by atoms with Crippen molar-refractivity contribution in [3.8, 4) is 0 Å². The number of aryl methyl sites for hydroxylation is 2. The largest absolute Gasteiger partial charge is 0.478 e. The van der Waals surface area contributed by atoms with Crippen molar-refractivity contribution in [2.75, 3.05) is 0 Å². The summed E-state index contributed by atoms with van der Waals surface area (Å²) in [5.74, 6) is -1.23. The zero-order valence-corrected chi connectivity index (χ0v) is 15.9. The number of sulfonamides is 1. The number of nitrogens with zero attached hydrogens (tertiary/aromatic N) is 1. The van der Waals surface area contributed by atoms with E-state index in [0.29, 0.717) is 0 Å². The highest BCUT2D eigenvalue weighted by atomic mass is 35.5. The summed E-state index contributed by atoms with van der Waals surface area (Å²) < 4.78 is 28.0. The first kappa shape index (κ1) is 18.9. The number of rotatable bonds is 5. The highest BCUT2D eigenvalue weighted by Crippen LogP contribution is 2.29. The first-order valence-corrected chi connectivity index (χ1v) is 9.70. The van der Waals surface area contributed by atoms with Crippen LogP contribution >= 0.6 is 22.9 Å². The molecule has 0 amide bonds. The molecule has 1 aromatic carbocycles. The zero-order valence-electron chi connectivity index (χ0n) is 13.5. The van der Waals surface area contributed by atoms with Gasteiger partial charge in [-0.05, 0) is 45.4 Å². The maximum Gasteiger partial charge on any atom is 0.336 e. The van der Waals surface area contributed by atoms with E-state index in [-0.39, 0.29) is 21.0 Å². The van der Waals surface area contributed by atoms with Crippen LogP contribution in [0.2, 0.25) is 5.02 Å². The quantitative estimate of drug-likeness (QED) is 0.817. The predicted molar refractivity (Wildman–Crippen MR) is 93.5 cm³/mol. The zero-order chi connectivity index (χ0) is 18.2. The van der Waals surface area contributed by atoms with Gasteiger partial charge in [0.25, 0.3) is 0 Å². The van der Waals surface area contributed by atoms with Gasteiger partial charge in [-0.3, -0.25) is 0 Å². The van der Waals surface area contributed by atoms with Crippen molar-refractivity contribution in [2.24, 2.45) is 0 Å². The molecule has 0 aliphatic carbocycles. The summed E-state index contributed by atoms with van der Waals surface area (Å²) >= 11 is 7.31. The molecular formula is C15H17ClN2O4S2. The van der Waals surface area contributed by atoms with Gasteiger partial charge in [0.1, 0.15) is 0 Å². The van der Waals surface area contributed by atoms with Crippen LogP contribution in [0.5, 0.6) is 0 Å². The van der Waals surface area contributed by atoms with Gasteiger partial charge in [0, 0.05) is 9.90 Å². The third kappa shape index (κ3) is 3.77. The molecular weight excluding hydrogens is 372 g/mol. The lowest BCUT2D eigenvalue weighted by molar-refractivity contribution is 0.0696. The Morgan fingerprint density at radius 3 is 2.46 bits per heavy atom. The summed E-state index contributed by atoms with van der Waals surface area (Å²) in [6.07, 6.45) is 0. The van der Waals surface area contributed by atoms with E-state index in [0.717, 1.165) is 15.6 Å². The number of thiazole rings is 1. The Morgan fingerprint density at radius 2 is 1.96 bits per heavy atom. The number of halogens is 1. The molecule has 0 fully saturated rings. The van der Waals surface area contributed by atoms with Gasteiger partial charge >= 0.3 is 5.97 Å². The Kier molecular flexibility index (Phi) is 5.34. The molecule has 1 atom stereocenters. The summed E-state index contributed by atoms with van der Waals surface area (Å²) in [5.41, 5.74) is 0.769. The monoisotopic (exact) mass is 388 g/mol. The van der Waals surface area contributed by atoms with Crippen LogP contribution in [0.25, 0.3) is 0 Å². The fourth-order valence-electron chi connectivity index (χ4n) is 2.45. The summed E-state index contributed by atoms with van der Waals surface area (Å²) in [4.78, 5) is 16.2. The molecule has 0 saturated carbocycles. The Bertz CT molecular complexity index is 906. The minimum atomic E-state index is -3.94. The minimum Gasteiger partial charge on any atom is -0.478 e. The minimum absolute atomic E-state index is 0.0517. The van der Waals surface area contributed by atoms with Gasteiger partial charge in [-0.25, -0.2) is 22.9 Å². The van der Waals surface area contributed by atoms with Gasteiger partial charge in [-0.2, -0.15) is 0 Å². The van der Waals surface area contributed by atoms with Crippen molar-refractivity contribution in [2.45, 2.75) is 38.6 Å². The molecule has 0 spiro atoms. The molecule has 2 aromatic rings. The third-order valence-corrected chi connectivity index (χ3v) is 6.65. The number of nitrogens with one attached hydrogen (secondary N) is 1. The fraction of sp³-hybridized carbons (Fsp3) is 0.333. The Balaban J connectivity index is 2.44. The number of carboxylic acids is 1. The second-order valence-corrected chi connectivity index (χ2v) is 8.76. The van der Waals surface area contributed by atoms with Gasteiger partial charge in [0.05, 0.1) is 27.2 Å². The molecule has 1 heterocycles. The van der Waals surface area contributed by atoms with Crippen LogP contribution < -0.4 is 4.72 Å². The first-order valence-electron chi connectivity index (χ1n) is 7.02.